The Morgan fingerprint density at radius 1 is 0.957 bits per heavy atom. The maximum Gasteiger partial charge on any atom is 0.230 e. The van der Waals surface area contributed by atoms with Crippen LogP contribution >= 0.6 is 0 Å². The number of hydrogen-bond acceptors (Lipinski definition) is 5. The van der Waals surface area contributed by atoms with Gasteiger partial charge in [-0.1, -0.05) is 19.1 Å². The monoisotopic (exact) mass is 318 g/mol. The number of hydrogen-bond donors (Lipinski definition) is 0. The summed E-state index contributed by atoms with van der Waals surface area (Å²) in [6.45, 7) is 7.65. The van der Waals surface area contributed by atoms with Crippen LogP contribution in [-0.2, 0) is 19.5 Å². The average Bonchev–Trinajstić information content (AvgIpc) is 2.90. The Hall–Kier alpha value is -1.79. The number of aromatic nitrogens is 2. The summed E-state index contributed by atoms with van der Waals surface area (Å²) in [6.07, 6.45) is 1.88. The Labute approximate surface area is 136 Å². The first-order valence-electron chi connectivity index (χ1n) is 8.23. The molecule has 23 heavy (non-hydrogen) atoms. The number of halogens is 1. The lowest BCUT2D eigenvalue weighted by Crippen LogP contribution is -2.30. The van der Waals surface area contributed by atoms with E-state index in [-0.39, 0.29) is 5.82 Å². The molecule has 124 valence electrons. The van der Waals surface area contributed by atoms with Gasteiger partial charge in [0, 0.05) is 26.1 Å². The fraction of sp³-hybridized carbons (Fsp3) is 0.529. The van der Waals surface area contributed by atoms with Crippen LogP contribution in [0.4, 0.5) is 4.39 Å². The minimum atomic E-state index is -0.179. The second-order valence-electron chi connectivity index (χ2n) is 5.98. The van der Waals surface area contributed by atoms with Gasteiger partial charge in [0.05, 0.1) is 6.54 Å². The summed E-state index contributed by atoms with van der Waals surface area (Å²) in [4.78, 5) is 4.77. The van der Waals surface area contributed by atoms with Crippen LogP contribution in [0.2, 0.25) is 0 Å². The molecule has 1 aliphatic heterocycles. The van der Waals surface area contributed by atoms with Gasteiger partial charge in [-0.15, -0.1) is 10.2 Å². The number of nitrogens with zero attached hydrogens (tertiary/aromatic N) is 4. The number of benzene rings is 1. The first-order chi connectivity index (χ1) is 11.2. The Bertz CT molecular complexity index is 613. The minimum Gasteiger partial charge on any atom is -0.424 e. The number of aryl methyl sites for hydroxylation is 1. The molecule has 0 N–H and O–H groups in total. The van der Waals surface area contributed by atoms with E-state index >= 15 is 0 Å². The van der Waals surface area contributed by atoms with Crippen molar-refractivity contribution >= 4 is 0 Å². The van der Waals surface area contributed by atoms with Crippen LogP contribution in [0.25, 0.3) is 0 Å². The molecule has 0 radical (unpaired) electrons. The van der Waals surface area contributed by atoms with Crippen molar-refractivity contribution in [2.24, 2.45) is 0 Å². The Morgan fingerprint density at radius 3 is 2.26 bits per heavy atom. The van der Waals surface area contributed by atoms with Crippen molar-refractivity contribution in [1.29, 1.82) is 0 Å². The van der Waals surface area contributed by atoms with Gasteiger partial charge in [0.1, 0.15) is 5.82 Å². The molecule has 3 rings (SSSR count). The van der Waals surface area contributed by atoms with Gasteiger partial charge < -0.3 is 4.42 Å². The molecule has 1 aromatic heterocycles. The van der Waals surface area contributed by atoms with Crippen LogP contribution in [0.15, 0.2) is 28.7 Å². The summed E-state index contributed by atoms with van der Waals surface area (Å²) in [6, 6.07) is 6.78. The van der Waals surface area contributed by atoms with Crippen molar-refractivity contribution in [2.75, 3.05) is 26.2 Å². The van der Waals surface area contributed by atoms with Crippen molar-refractivity contribution in [2.45, 2.75) is 32.9 Å². The van der Waals surface area contributed by atoms with Crippen molar-refractivity contribution < 1.29 is 8.81 Å². The molecule has 0 spiro atoms. The summed E-state index contributed by atoms with van der Waals surface area (Å²) in [7, 11) is 0. The summed E-state index contributed by atoms with van der Waals surface area (Å²) in [5.74, 6) is 1.23. The lowest BCUT2D eigenvalue weighted by molar-refractivity contribution is 0.229. The standard InChI is InChI=1S/C17H23FN4O/c1-2-16-19-20-17(23-16)13-22-9-3-8-21(10-11-22)12-14-4-6-15(18)7-5-14/h4-7H,2-3,8-13H2,1H3. The molecule has 1 aromatic carbocycles. The molecule has 2 aromatic rings. The van der Waals surface area contributed by atoms with E-state index < -0.39 is 0 Å². The van der Waals surface area contributed by atoms with E-state index in [4.69, 9.17) is 4.42 Å². The smallest absolute Gasteiger partial charge is 0.230 e. The van der Waals surface area contributed by atoms with Crippen molar-refractivity contribution in [3.05, 3.63) is 47.4 Å². The van der Waals surface area contributed by atoms with Crippen LogP contribution in [-0.4, -0.2) is 46.2 Å². The molecule has 0 saturated carbocycles. The van der Waals surface area contributed by atoms with Gasteiger partial charge in [-0.3, -0.25) is 9.80 Å². The highest BCUT2D eigenvalue weighted by molar-refractivity contribution is 5.15. The largest absolute Gasteiger partial charge is 0.424 e. The van der Waals surface area contributed by atoms with E-state index in [1.54, 1.807) is 0 Å². The third-order valence-corrected chi connectivity index (χ3v) is 4.17. The Morgan fingerprint density at radius 2 is 1.61 bits per heavy atom. The lowest BCUT2D eigenvalue weighted by Gasteiger charge is -2.21. The molecule has 1 aliphatic rings. The first-order valence-corrected chi connectivity index (χ1v) is 8.23. The highest BCUT2D eigenvalue weighted by Gasteiger charge is 2.17. The van der Waals surface area contributed by atoms with E-state index in [0.29, 0.717) is 11.8 Å². The zero-order valence-electron chi connectivity index (χ0n) is 13.5. The fourth-order valence-corrected chi connectivity index (χ4v) is 2.88. The molecular formula is C17H23FN4O. The third kappa shape index (κ3) is 4.59. The molecule has 2 heterocycles. The summed E-state index contributed by atoms with van der Waals surface area (Å²) in [5.41, 5.74) is 1.16. The van der Waals surface area contributed by atoms with E-state index in [0.717, 1.165) is 57.7 Å². The highest BCUT2D eigenvalue weighted by Crippen LogP contribution is 2.12. The molecule has 0 bridgehead atoms. The molecule has 0 amide bonds. The van der Waals surface area contributed by atoms with E-state index in [1.165, 1.54) is 12.1 Å². The lowest BCUT2D eigenvalue weighted by atomic mass is 10.2. The first kappa shape index (κ1) is 16.1. The quantitative estimate of drug-likeness (QED) is 0.847. The summed E-state index contributed by atoms with van der Waals surface area (Å²) in [5, 5.41) is 8.12. The van der Waals surface area contributed by atoms with Crippen molar-refractivity contribution in [3.8, 4) is 0 Å². The van der Waals surface area contributed by atoms with Gasteiger partial charge in [-0.25, -0.2) is 4.39 Å². The van der Waals surface area contributed by atoms with E-state index in [1.807, 2.05) is 19.1 Å². The second kappa shape index (κ2) is 7.66. The van der Waals surface area contributed by atoms with Crippen LogP contribution < -0.4 is 0 Å². The van der Waals surface area contributed by atoms with Crippen LogP contribution in [0.3, 0.4) is 0 Å². The maximum atomic E-state index is 13.0. The third-order valence-electron chi connectivity index (χ3n) is 4.17. The summed E-state index contributed by atoms with van der Waals surface area (Å²) >= 11 is 0. The van der Waals surface area contributed by atoms with Gasteiger partial charge >= 0.3 is 0 Å². The van der Waals surface area contributed by atoms with Gasteiger partial charge in [-0.2, -0.15) is 0 Å². The Kier molecular flexibility index (Phi) is 5.35. The molecule has 1 saturated heterocycles. The van der Waals surface area contributed by atoms with Crippen LogP contribution in [0.5, 0.6) is 0 Å². The predicted octanol–water partition coefficient (Wildman–Crippen LogP) is 2.48. The van der Waals surface area contributed by atoms with E-state index in [9.17, 15) is 4.39 Å². The van der Waals surface area contributed by atoms with E-state index in [2.05, 4.69) is 20.0 Å². The van der Waals surface area contributed by atoms with Crippen molar-refractivity contribution in [3.63, 3.8) is 0 Å². The highest BCUT2D eigenvalue weighted by atomic mass is 19.1. The Balaban J connectivity index is 1.51. The molecular weight excluding hydrogens is 295 g/mol. The minimum absolute atomic E-state index is 0.179. The van der Waals surface area contributed by atoms with Crippen LogP contribution in [0, 0.1) is 5.82 Å². The predicted molar refractivity (Wildman–Crippen MR) is 85.2 cm³/mol. The molecule has 0 atom stereocenters. The molecule has 0 aliphatic carbocycles. The SMILES string of the molecule is CCc1nnc(CN2CCCN(Cc3ccc(F)cc3)CC2)o1. The fourth-order valence-electron chi connectivity index (χ4n) is 2.88. The maximum absolute atomic E-state index is 13.0. The topological polar surface area (TPSA) is 45.4 Å². The average molecular weight is 318 g/mol. The molecule has 6 heteroatoms. The normalized spacial score (nSPS) is 17.3. The van der Waals surface area contributed by atoms with Gasteiger partial charge in [0.2, 0.25) is 11.8 Å². The van der Waals surface area contributed by atoms with Gasteiger partial charge in [-0.05, 0) is 37.2 Å². The second-order valence-corrected chi connectivity index (χ2v) is 5.98. The molecule has 1 fully saturated rings. The van der Waals surface area contributed by atoms with Crippen LogP contribution in [0.1, 0.15) is 30.7 Å². The number of rotatable bonds is 5. The van der Waals surface area contributed by atoms with Crippen molar-refractivity contribution in [1.82, 2.24) is 20.0 Å². The zero-order chi connectivity index (χ0) is 16.1. The summed E-state index contributed by atoms with van der Waals surface area (Å²) < 4.78 is 18.6. The van der Waals surface area contributed by atoms with Gasteiger partial charge in [0.25, 0.3) is 0 Å². The molecule has 0 unspecified atom stereocenters. The van der Waals surface area contributed by atoms with Gasteiger partial charge in [0.15, 0.2) is 0 Å². The molecule has 5 nitrogen and oxygen atoms in total. The zero-order valence-corrected chi connectivity index (χ0v) is 13.5.